The molecule has 18 heavy (non-hydrogen) atoms. The molecule has 0 bridgehead atoms. The Morgan fingerprint density at radius 3 is 3.11 bits per heavy atom. The molecule has 0 aromatic carbocycles. The molecule has 1 aromatic rings. The summed E-state index contributed by atoms with van der Waals surface area (Å²) in [4.78, 5) is 12.8. The minimum Gasteiger partial charge on any atom is -0.481 e. The van der Waals surface area contributed by atoms with E-state index in [1.165, 1.54) is 42.4 Å². The first-order valence-electron chi connectivity index (χ1n) is 6.08. The highest BCUT2D eigenvalue weighted by atomic mass is 32.2. The van der Waals surface area contributed by atoms with E-state index in [0.717, 1.165) is 28.5 Å². The molecule has 1 fully saturated rings. The average Bonchev–Trinajstić information content (AvgIpc) is 2.69. The second-order valence-electron chi connectivity index (χ2n) is 4.56. The summed E-state index contributed by atoms with van der Waals surface area (Å²) < 4.78 is 0.740. The van der Waals surface area contributed by atoms with Gasteiger partial charge in [-0.05, 0) is 25.2 Å². The molecule has 1 N–H and O–H groups in total. The monoisotopic (exact) mass is 287 g/mol. The molecule has 1 saturated heterocycles. The SMILES string of the molecule is CC1CCCN(c2nnc(SCC(=O)O)s2)CC1. The van der Waals surface area contributed by atoms with Crippen LogP contribution in [0.15, 0.2) is 4.34 Å². The number of hydrogen-bond acceptors (Lipinski definition) is 6. The summed E-state index contributed by atoms with van der Waals surface area (Å²) in [6, 6.07) is 0. The lowest BCUT2D eigenvalue weighted by atomic mass is 10.0. The van der Waals surface area contributed by atoms with E-state index in [1.54, 1.807) is 0 Å². The van der Waals surface area contributed by atoms with E-state index in [0.29, 0.717) is 0 Å². The predicted molar refractivity (Wildman–Crippen MR) is 73.5 cm³/mol. The number of rotatable bonds is 4. The number of aliphatic carboxylic acids is 1. The van der Waals surface area contributed by atoms with Crippen LogP contribution in [0, 0.1) is 5.92 Å². The minimum absolute atomic E-state index is 0.0473. The van der Waals surface area contributed by atoms with E-state index in [9.17, 15) is 4.79 Å². The molecule has 0 amide bonds. The third-order valence-electron chi connectivity index (χ3n) is 3.00. The summed E-state index contributed by atoms with van der Waals surface area (Å²) in [5.41, 5.74) is 0. The van der Waals surface area contributed by atoms with E-state index in [4.69, 9.17) is 5.11 Å². The third-order valence-corrected chi connectivity index (χ3v) is 5.10. The fourth-order valence-electron chi connectivity index (χ4n) is 1.97. The van der Waals surface area contributed by atoms with Crippen molar-refractivity contribution in [3.63, 3.8) is 0 Å². The molecule has 1 aromatic heterocycles. The van der Waals surface area contributed by atoms with Gasteiger partial charge in [-0.15, -0.1) is 10.2 Å². The zero-order valence-corrected chi connectivity index (χ0v) is 12.0. The molecule has 1 unspecified atom stereocenters. The van der Waals surface area contributed by atoms with Crippen molar-refractivity contribution in [3.8, 4) is 0 Å². The summed E-state index contributed by atoms with van der Waals surface area (Å²) in [7, 11) is 0. The Morgan fingerprint density at radius 1 is 1.50 bits per heavy atom. The lowest BCUT2D eigenvalue weighted by Crippen LogP contribution is -2.23. The zero-order valence-electron chi connectivity index (χ0n) is 10.3. The Kier molecular flexibility index (Phi) is 4.82. The Bertz CT molecular complexity index is 411. The third kappa shape index (κ3) is 3.84. The van der Waals surface area contributed by atoms with Gasteiger partial charge in [0.2, 0.25) is 5.13 Å². The lowest BCUT2D eigenvalue weighted by molar-refractivity contribution is -0.133. The summed E-state index contributed by atoms with van der Waals surface area (Å²) in [5, 5.41) is 17.8. The molecular weight excluding hydrogens is 270 g/mol. The van der Waals surface area contributed by atoms with Crippen LogP contribution in [-0.4, -0.2) is 40.1 Å². The average molecular weight is 287 g/mol. The van der Waals surface area contributed by atoms with Crippen molar-refractivity contribution in [2.45, 2.75) is 30.5 Å². The summed E-state index contributed by atoms with van der Waals surface area (Å²) >= 11 is 2.73. The van der Waals surface area contributed by atoms with Gasteiger partial charge in [0.1, 0.15) is 0 Å². The number of carboxylic acid groups (broad SMARTS) is 1. The number of thioether (sulfide) groups is 1. The highest BCUT2D eigenvalue weighted by Gasteiger charge is 2.17. The maximum absolute atomic E-state index is 10.5. The number of nitrogens with zero attached hydrogens (tertiary/aromatic N) is 3. The van der Waals surface area contributed by atoms with Crippen molar-refractivity contribution >= 4 is 34.2 Å². The first-order chi connectivity index (χ1) is 8.65. The first kappa shape index (κ1) is 13.6. The molecule has 0 aliphatic carbocycles. The molecule has 1 aliphatic heterocycles. The normalized spacial score (nSPS) is 20.7. The number of hydrogen-bond donors (Lipinski definition) is 1. The van der Waals surface area contributed by atoms with Gasteiger partial charge in [0, 0.05) is 13.1 Å². The second kappa shape index (κ2) is 6.38. The molecule has 5 nitrogen and oxygen atoms in total. The van der Waals surface area contributed by atoms with Crippen LogP contribution in [-0.2, 0) is 4.79 Å². The molecule has 0 spiro atoms. The van der Waals surface area contributed by atoms with Crippen LogP contribution in [0.5, 0.6) is 0 Å². The Labute approximate surface area is 115 Å². The van der Waals surface area contributed by atoms with Gasteiger partial charge in [-0.2, -0.15) is 0 Å². The molecule has 100 valence electrons. The van der Waals surface area contributed by atoms with Gasteiger partial charge in [-0.1, -0.05) is 30.0 Å². The van der Waals surface area contributed by atoms with Crippen molar-refractivity contribution in [1.82, 2.24) is 10.2 Å². The molecule has 0 radical (unpaired) electrons. The maximum atomic E-state index is 10.5. The Hall–Kier alpha value is -0.820. The van der Waals surface area contributed by atoms with Crippen molar-refractivity contribution < 1.29 is 9.90 Å². The minimum atomic E-state index is -0.819. The fourth-order valence-corrected chi connectivity index (χ4v) is 3.58. The fraction of sp³-hybridized carbons (Fsp3) is 0.727. The Morgan fingerprint density at radius 2 is 2.33 bits per heavy atom. The number of aromatic nitrogens is 2. The number of carboxylic acids is 1. The van der Waals surface area contributed by atoms with Crippen LogP contribution in [0.25, 0.3) is 0 Å². The van der Waals surface area contributed by atoms with Crippen molar-refractivity contribution in [2.75, 3.05) is 23.7 Å². The molecule has 1 atom stereocenters. The van der Waals surface area contributed by atoms with Crippen LogP contribution in [0.1, 0.15) is 26.2 Å². The molecule has 2 heterocycles. The van der Waals surface area contributed by atoms with E-state index >= 15 is 0 Å². The van der Waals surface area contributed by atoms with Gasteiger partial charge in [-0.25, -0.2) is 0 Å². The largest absolute Gasteiger partial charge is 0.481 e. The van der Waals surface area contributed by atoms with Crippen molar-refractivity contribution in [2.24, 2.45) is 5.92 Å². The smallest absolute Gasteiger partial charge is 0.313 e. The summed E-state index contributed by atoms with van der Waals surface area (Å²) in [5.74, 6) is 0.00944. The summed E-state index contributed by atoms with van der Waals surface area (Å²) in [6.07, 6.45) is 3.66. The van der Waals surface area contributed by atoms with Crippen molar-refractivity contribution in [1.29, 1.82) is 0 Å². The lowest BCUT2D eigenvalue weighted by Gasteiger charge is -2.17. The molecular formula is C11H17N3O2S2. The zero-order chi connectivity index (χ0) is 13.0. The van der Waals surface area contributed by atoms with E-state index in [1.807, 2.05) is 0 Å². The highest BCUT2D eigenvalue weighted by molar-refractivity contribution is 8.01. The van der Waals surface area contributed by atoms with Gasteiger partial charge < -0.3 is 10.0 Å². The van der Waals surface area contributed by atoms with E-state index in [-0.39, 0.29) is 5.75 Å². The van der Waals surface area contributed by atoms with E-state index in [2.05, 4.69) is 22.0 Å². The molecule has 0 saturated carbocycles. The van der Waals surface area contributed by atoms with Crippen LogP contribution in [0.3, 0.4) is 0 Å². The topological polar surface area (TPSA) is 66.3 Å². The van der Waals surface area contributed by atoms with Crippen LogP contribution in [0.4, 0.5) is 5.13 Å². The molecule has 2 rings (SSSR count). The van der Waals surface area contributed by atoms with Crippen molar-refractivity contribution in [3.05, 3.63) is 0 Å². The first-order valence-corrected chi connectivity index (χ1v) is 7.88. The molecule has 7 heteroatoms. The Balaban J connectivity index is 1.94. The highest BCUT2D eigenvalue weighted by Crippen LogP contribution is 2.29. The van der Waals surface area contributed by atoms with Gasteiger partial charge in [0.15, 0.2) is 4.34 Å². The van der Waals surface area contributed by atoms with Crippen LogP contribution < -0.4 is 4.90 Å². The van der Waals surface area contributed by atoms with E-state index < -0.39 is 5.97 Å². The quantitative estimate of drug-likeness (QED) is 0.857. The maximum Gasteiger partial charge on any atom is 0.313 e. The summed E-state index contributed by atoms with van der Waals surface area (Å²) in [6.45, 7) is 4.35. The standard InChI is InChI=1S/C11H17N3O2S2/c1-8-3-2-5-14(6-4-8)10-12-13-11(18-10)17-7-9(15)16/h8H,2-7H2,1H3,(H,15,16). The van der Waals surface area contributed by atoms with Gasteiger partial charge in [0.05, 0.1) is 5.75 Å². The second-order valence-corrected chi connectivity index (χ2v) is 6.73. The van der Waals surface area contributed by atoms with Crippen LogP contribution in [0.2, 0.25) is 0 Å². The predicted octanol–water partition coefficient (Wildman–Crippen LogP) is 2.34. The number of carbonyl (C=O) groups is 1. The molecule has 1 aliphatic rings. The van der Waals surface area contributed by atoms with Crippen LogP contribution >= 0.6 is 23.1 Å². The van der Waals surface area contributed by atoms with Gasteiger partial charge >= 0.3 is 5.97 Å². The van der Waals surface area contributed by atoms with Gasteiger partial charge in [0.25, 0.3) is 0 Å². The van der Waals surface area contributed by atoms with Gasteiger partial charge in [-0.3, -0.25) is 4.79 Å². The number of anilines is 1.